The number of nitrogens with zero attached hydrogens (tertiary/aromatic N) is 2. The Morgan fingerprint density at radius 3 is 2.94 bits per heavy atom. The third kappa shape index (κ3) is 2.98. The normalized spacial score (nSPS) is 20.2. The second kappa shape index (κ2) is 5.82. The zero-order valence-corrected chi connectivity index (χ0v) is 10.7. The molecular formula is C13H20N4O. The number of amides is 1. The molecule has 0 radical (unpaired) electrons. The first-order valence-electron chi connectivity index (χ1n) is 6.38. The predicted octanol–water partition coefficient (Wildman–Crippen LogP) is 0.759. The molecule has 2 rings (SSSR count). The van der Waals surface area contributed by atoms with Crippen LogP contribution in [-0.2, 0) is 0 Å². The van der Waals surface area contributed by atoms with Gasteiger partial charge in [-0.1, -0.05) is 0 Å². The molecule has 0 aliphatic carbocycles. The Kier molecular flexibility index (Phi) is 4.15. The lowest BCUT2D eigenvalue weighted by atomic mass is 10.1. The number of nitrogens with two attached hydrogens (primary N) is 1. The number of pyridine rings is 1. The van der Waals surface area contributed by atoms with Crippen LogP contribution in [-0.4, -0.2) is 37.1 Å². The van der Waals surface area contributed by atoms with Gasteiger partial charge in [-0.15, -0.1) is 0 Å². The summed E-state index contributed by atoms with van der Waals surface area (Å²) in [6, 6.07) is 4.10. The number of aromatic nitrogens is 1. The summed E-state index contributed by atoms with van der Waals surface area (Å²) in [6.07, 6.45) is 5.02. The van der Waals surface area contributed by atoms with E-state index in [9.17, 15) is 4.79 Å². The fourth-order valence-corrected chi connectivity index (χ4v) is 2.32. The van der Waals surface area contributed by atoms with Crippen molar-refractivity contribution in [1.29, 1.82) is 0 Å². The van der Waals surface area contributed by atoms with E-state index in [2.05, 4.69) is 22.2 Å². The maximum Gasteiger partial charge on any atom is 0.250 e. The number of carbonyl (C=O) groups excluding carboxylic acids is 1. The van der Waals surface area contributed by atoms with Crippen molar-refractivity contribution in [3.05, 3.63) is 23.9 Å². The number of hydrogen-bond donors (Lipinski definition) is 2. The molecule has 5 heteroatoms. The van der Waals surface area contributed by atoms with E-state index in [1.807, 2.05) is 6.07 Å². The van der Waals surface area contributed by atoms with Crippen LogP contribution in [0.2, 0.25) is 0 Å². The van der Waals surface area contributed by atoms with Gasteiger partial charge in [-0.05, 0) is 44.5 Å². The molecular weight excluding hydrogens is 228 g/mol. The number of nitrogens with one attached hydrogen (secondary N) is 1. The van der Waals surface area contributed by atoms with Gasteiger partial charge in [-0.2, -0.15) is 0 Å². The van der Waals surface area contributed by atoms with Gasteiger partial charge < -0.3 is 16.0 Å². The van der Waals surface area contributed by atoms with Crippen LogP contribution in [0.4, 0.5) is 5.82 Å². The van der Waals surface area contributed by atoms with Gasteiger partial charge in [0.25, 0.3) is 0 Å². The minimum Gasteiger partial charge on any atom is -0.366 e. The van der Waals surface area contributed by atoms with Crippen molar-refractivity contribution >= 4 is 11.7 Å². The summed E-state index contributed by atoms with van der Waals surface area (Å²) >= 11 is 0. The minimum atomic E-state index is -0.435. The van der Waals surface area contributed by atoms with Crippen LogP contribution in [0.15, 0.2) is 18.3 Å². The molecule has 0 aromatic carbocycles. The molecule has 1 atom stereocenters. The van der Waals surface area contributed by atoms with Crippen LogP contribution in [0.1, 0.15) is 29.6 Å². The molecule has 0 spiro atoms. The highest BCUT2D eigenvalue weighted by Gasteiger charge is 2.17. The molecule has 3 N–H and O–H groups in total. The number of primary amides is 1. The maximum atomic E-state index is 11.0. The molecule has 5 nitrogen and oxygen atoms in total. The van der Waals surface area contributed by atoms with Gasteiger partial charge in [-0.25, -0.2) is 4.98 Å². The monoisotopic (exact) mass is 248 g/mol. The Labute approximate surface area is 107 Å². The minimum absolute atomic E-state index is 0.435. The zero-order chi connectivity index (χ0) is 13.0. The van der Waals surface area contributed by atoms with Crippen LogP contribution < -0.4 is 16.0 Å². The molecule has 1 saturated heterocycles. The van der Waals surface area contributed by atoms with Crippen molar-refractivity contribution in [3.63, 3.8) is 0 Å². The summed E-state index contributed by atoms with van der Waals surface area (Å²) in [5, 5.41) is 3.40. The van der Waals surface area contributed by atoms with Gasteiger partial charge in [0, 0.05) is 19.3 Å². The van der Waals surface area contributed by atoms with E-state index in [0.29, 0.717) is 11.6 Å². The lowest BCUT2D eigenvalue weighted by Gasteiger charge is -2.28. The van der Waals surface area contributed by atoms with E-state index in [-0.39, 0.29) is 0 Å². The summed E-state index contributed by atoms with van der Waals surface area (Å²) in [7, 11) is 2.06. The fraction of sp³-hybridized carbons (Fsp3) is 0.538. The Morgan fingerprint density at radius 2 is 2.28 bits per heavy atom. The Bertz CT molecular complexity index is 396. The highest BCUT2D eigenvalue weighted by molar-refractivity contribution is 5.92. The SMILES string of the molecule is CN(c1ccc(C(N)=O)cn1)C1CCCNCC1. The van der Waals surface area contributed by atoms with Gasteiger partial charge in [0.15, 0.2) is 0 Å². The zero-order valence-electron chi connectivity index (χ0n) is 10.7. The van der Waals surface area contributed by atoms with Crippen molar-refractivity contribution in [1.82, 2.24) is 10.3 Å². The van der Waals surface area contributed by atoms with E-state index >= 15 is 0 Å². The first-order chi connectivity index (χ1) is 8.68. The van der Waals surface area contributed by atoms with Crippen molar-refractivity contribution in [3.8, 4) is 0 Å². The van der Waals surface area contributed by atoms with Gasteiger partial charge in [0.1, 0.15) is 5.82 Å². The average Bonchev–Trinajstić information content (AvgIpc) is 2.67. The van der Waals surface area contributed by atoms with Gasteiger partial charge in [-0.3, -0.25) is 4.79 Å². The van der Waals surface area contributed by atoms with Gasteiger partial charge in [0.05, 0.1) is 5.56 Å². The van der Waals surface area contributed by atoms with E-state index < -0.39 is 5.91 Å². The molecule has 1 amide bonds. The smallest absolute Gasteiger partial charge is 0.250 e. The van der Waals surface area contributed by atoms with Crippen LogP contribution >= 0.6 is 0 Å². The molecule has 1 fully saturated rings. The van der Waals surface area contributed by atoms with Crippen molar-refractivity contribution in [2.24, 2.45) is 5.73 Å². The topological polar surface area (TPSA) is 71.2 Å². The molecule has 1 unspecified atom stereocenters. The van der Waals surface area contributed by atoms with Crippen LogP contribution in [0.25, 0.3) is 0 Å². The van der Waals surface area contributed by atoms with Gasteiger partial charge in [0.2, 0.25) is 5.91 Å². The van der Waals surface area contributed by atoms with E-state index in [4.69, 9.17) is 5.73 Å². The largest absolute Gasteiger partial charge is 0.366 e. The quantitative estimate of drug-likeness (QED) is 0.828. The molecule has 98 valence electrons. The molecule has 0 bridgehead atoms. The standard InChI is InChI=1S/C13H20N4O/c1-17(11-3-2-7-15-8-6-11)12-5-4-10(9-16-12)13(14)18/h4-5,9,11,15H,2-3,6-8H2,1H3,(H2,14,18). The predicted molar refractivity (Wildman–Crippen MR) is 71.7 cm³/mol. The van der Waals surface area contributed by atoms with Crippen molar-refractivity contribution < 1.29 is 4.79 Å². The van der Waals surface area contributed by atoms with E-state index in [1.54, 1.807) is 12.3 Å². The lowest BCUT2D eigenvalue weighted by molar-refractivity contribution is 0.1000. The average molecular weight is 248 g/mol. The summed E-state index contributed by atoms with van der Waals surface area (Å²) in [4.78, 5) is 17.5. The summed E-state index contributed by atoms with van der Waals surface area (Å²) in [6.45, 7) is 2.15. The summed E-state index contributed by atoms with van der Waals surface area (Å²) < 4.78 is 0. The number of rotatable bonds is 3. The Hall–Kier alpha value is -1.62. The van der Waals surface area contributed by atoms with Gasteiger partial charge >= 0.3 is 0 Å². The first-order valence-corrected chi connectivity index (χ1v) is 6.38. The van der Waals surface area contributed by atoms with Crippen LogP contribution in [0.5, 0.6) is 0 Å². The molecule has 1 aliphatic heterocycles. The molecule has 1 aromatic heterocycles. The number of anilines is 1. The molecule has 1 aliphatic rings. The molecule has 1 aromatic rings. The summed E-state index contributed by atoms with van der Waals surface area (Å²) in [5.74, 6) is 0.460. The maximum absolute atomic E-state index is 11.0. The van der Waals surface area contributed by atoms with Crippen molar-refractivity contribution in [2.45, 2.75) is 25.3 Å². The Morgan fingerprint density at radius 1 is 1.44 bits per heavy atom. The fourth-order valence-electron chi connectivity index (χ4n) is 2.32. The van der Waals surface area contributed by atoms with Crippen molar-refractivity contribution in [2.75, 3.05) is 25.0 Å². The second-order valence-corrected chi connectivity index (χ2v) is 4.71. The molecule has 18 heavy (non-hydrogen) atoms. The third-order valence-corrected chi connectivity index (χ3v) is 3.49. The summed E-state index contributed by atoms with van der Waals surface area (Å²) in [5.41, 5.74) is 5.66. The highest BCUT2D eigenvalue weighted by Crippen LogP contribution is 2.18. The number of hydrogen-bond acceptors (Lipinski definition) is 4. The second-order valence-electron chi connectivity index (χ2n) is 4.71. The lowest BCUT2D eigenvalue weighted by Crippen LogP contribution is -2.33. The van der Waals surface area contributed by atoms with Crippen LogP contribution in [0, 0.1) is 0 Å². The van der Waals surface area contributed by atoms with E-state index in [1.165, 1.54) is 12.8 Å². The molecule has 2 heterocycles. The first kappa shape index (κ1) is 12.8. The number of carbonyl (C=O) groups is 1. The Balaban J connectivity index is 2.07. The highest BCUT2D eigenvalue weighted by atomic mass is 16.1. The van der Waals surface area contributed by atoms with Crippen LogP contribution in [0.3, 0.4) is 0 Å². The molecule has 0 saturated carbocycles. The third-order valence-electron chi connectivity index (χ3n) is 3.49. The van der Waals surface area contributed by atoms with E-state index in [0.717, 1.165) is 25.3 Å².